The molecule has 1 amide bonds. The summed E-state index contributed by atoms with van der Waals surface area (Å²) in [4.78, 5) is 19.7. The standard InChI is InChI=1S/C13H18ClN3O/c1-9-4-2-3-5-10(9)6-17-13(18)11-7-16-12(14)8-15-11/h7-10H,2-6H2,1H3,(H,17,18). The maximum absolute atomic E-state index is 11.8. The summed E-state index contributed by atoms with van der Waals surface area (Å²) >= 11 is 5.63. The zero-order chi connectivity index (χ0) is 13.0. The van der Waals surface area contributed by atoms with Gasteiger partial charge in [-0.1, -0.05) is 37.8 Å². The number of rotatable bonds is 3. The molecule has 4 nitrogen and oxygen atoms in total. The van der Waals surface area contributed by atoms with Crippen molar-refractivity contribution in [1.82, 2.24) is 15.3 Å². The molecule has 1 heterocycles. The lowest BCUT2D eigenvalue weighted by Gasteiger charge is -2.28. The summed E-state index contributed by atoms with van der Waals surface area (Å²) in [6, 6.07) is 0. The second-order valence-corrected chi connectivity index (χ2v) is 5.34. The largest absolute Gasteiger partial charge is 0.350 e. The van der Waals surface area contributed by atoms with Crippen molar-refractivity contribution in [3.05, 3.63) is 23.2 Å². The molecule has 1 saturated carbocycles. The Labute approximate surface area is 112 Å². The second kappa shape index (κ2) is 6.14. The molecule has 1 aliphatic carbocycles. The van der Waals surface area contributed by atoms with E-state index >= 15 is 0 Å². The van der Waals surface area contributed by atoms with Gasteiger partial charge in [-0.3, -0.25) is 4.79 Å². The van der Waals surface area contributed by atoms with Gasteiger partial charge in [0.15, 0.2) is 0 Å². The molecule has 2 unspecified atom stereocenters. The van der Waals surface area contributed by atoms with Gasteiger partial charge in [0.1, 0.15) is 10.8 Å². The summed E-state index contributed by atoms with van der Waals surface area (Å²) in [5, 5.41) is 3.23. The first-order valence-electron chi connectivity index (χ1n) is 6.42. The minimum absolute atomic E-state index is 0.169. The average Bonchev–Trinajstić information content (AvgIpc) is 2.38. The Hall–Kier alpha value is -1.16. The topological polar surface area (TPSA) is 54.9 Å². The zero-order valence-electron chi connectivity index (χ0n) is 10.5. The van der Waals surface area contributed by atoms with E-state index in [1.54, 1.807) is 0 Å². The highest BCUT2D eigenvalue weighted by atomic mass is 35.5. The maximum Gasteiger partial charge on any atom is 0.271 e. The zero-order valence-corrected chi connectivity index (χ0v) is 11.3. The Bertz CT molecular complexity index is 407. The summed E-state index contributed by atoms with van der Waals surface area (Å²) in [6.45, 7) is 2.99. The van der Waals surface area contributed by atoms with E-state index in [0.717, 1.165) is 6.54 Å². The van der Waals surface area contributed by atoms with Gasteiger partial charge in [-0.05, 0) is 18.3 Å². The van der Waals surface area contributed by atoms with Crippen LogP contribution in [0.3, 0.4) is 0 Å². The lowest BCUT2D eigenvalue weighted by Crippen LogP contribution is -2.33. The highest BCUT2D eigenvalue weighted by Gasteiger charge is 2.21. The minimum atomic E-state index is -0.169. The molecule has 1 N–H and O–H groups in total. The van der Waals surface area contributed by atoms with Crippen LogP contribution in [-0.2, 0) is 0 Å². The highest BCUT2D eigenvalue weighted by Crippen LogP contribution is 2.28. The first-order chi connectivity index (χ1) is 8.66. The summed E-state index contributed by atoms with van der Waals surface area (Å²) in [7, 11) is 0. The number of hydrogen-bond donors (Lipinski definition) is 1. The molecule has 5 heteroatoms. The van der Waals surface area contributed by atoms with Crippen molar-refractivity contribution in [2.24, 2.45) is 11.8 Å². The van der Waals surface area contributed by atoms with Crippen LogP contribution in [0.5, 0.6) is 0 Å². The molecule has 1 fully saturated rings. The van der Waals surface area contributed by atoms with E-state index in [2.05, 4.69) is 22.2 Å². The number of aromatic nitrogens is 2. The first-order valence-corrected chi connectivity index (χ1v) is 6.80. The molecule has 98 valence electrons. The van der Waals surface area contributed by atoms with Crippen LogP contribution >= 0.6 is 11.6 Å². The van der Waals surface area contributed by atoms with E-state index in [-0.39, 0.29) is 5.91 Å². The van der Waals surface area contributed by atoms with E-state index in [4.69, 9.17) is 11.6 Å². The number of halogens is 1. The van der Waals surface area contributed by atoms with Crippen LogP contribution in [0.15, 0.2) is 12.4 Å². The molecule has 1 aliphatic rings. The highest BCUT2D eigenvalue weighted by molar-refractivity contribution is 6.29. The van der Waals surface area contributed by atoms with Crippen LogP contribution in [0.4, 0.5) is 0 Å². The summed E-state index contributed by atoms with van der Waals surface area (Å²) in [5.41, 5.74) is 0.322. The predicted octanol–water partition coefficient (Wildman–Crippen LogP) is 2.69. The third kappa shape index (κ3) is 3.42. The Morgan fingerprint density at radius 3 is 2.83 bits per heavy atom. The van der Waals surface area contributed by atoms with Crippen molar-refractivity contribution in [1.29, 1.82) is 0 Å². The van der Waals surface area contributed by atoms with E-state index < -0.39 is 0 Å². The second-order valence-electron chi connectivity index (χ2n) is 4.96. The first kappa shape index (κ1) is 13.3. The number of amides is 1. The fourth-order valence-corrected chi connectivity index (χ4v) is 2.54. The molecule has 0 spiro atoms. The monoisotopic (exact) mass is 267 g/mol. The van der Waals surface area contributed by atoms with Gasteiger partial charge >= 0.3 is 0 Å². The van der Waals surface area contributed by atoms with Gasteiger partial charge in [-0.25, -0.2) is 9.97 Å². The number of hydrogen-bond acceptors (Lipinski definition) is 3. The molecular weight excluding hydrogens is 250 g/mol. The van der Waals surface area contributed by atoms with Crippen LogP contribution in [0.1, 0.15) is 43.1 Å². The third-order valence-corrected chi connectivity index (χ3v) is 3.86. The summed E-state index contributed by atoms with van der Waals surface area (Å²) in [6.07, 6.45) is 7.84. The Morgan fingerprint density at radius 1 is 1.39 bits per heavy atom. The van der Waals surface area contributed by atoms with E-state index in [0.29, 0.717) is 22.7 Å². The van der Waals surface area contributed by atoms with E-state index in [1.807, 2.05) is 0 Å². The summed E-state index contributed by atoms with van der Waals surface area (Å²) < 4.78 is 0. The van der Waals surface area contributed by atoms with Crippen molar-refractivity contribution < 1.29 is 4.79 Å². The number of carbonyl (C=O) groups is 1. The SMILES string of the molecule is CC1CCCCC1CNC(=O)c1cnc(Cl)cn1. The van der Waals surface area contributed by atoms with Crippen molar-refractivity contribution in [3.63, 3.8) is 0 Å². The molecule has 0 saturated heterocycles. The quantitative estimate of drug-likeness (QED) is 0.916. The van der Waals surface area contributed by atoms with Crippen molar-refractivity contribution >= 4 is 17.5 Å². The van der Waals surface area contributed by atoms with Crippen LogP contribution in [0, 0.1) is 11.8 Å². The molecule has 2 rings (SSSR count). The van der Waals surface area contributed by atoms with Crippen molar-refractivity contribution in [2.75, 3.05) is 6.54 Å². The molecule has 2 atom stereocenters. The maximum atomic E-state index is 11.8. The van der Waals surface area contributed by atoms with Crippen LogP contribution in [0.25, 0.3) is 0 Å². The van der Waals surface area contributed by atoms with Gasteiger partial charge in [-0.2, -0.15) is 0 Å². The lowest BCUT2D eigenvalue weighted by atomic mass is 9.80. The van der Waals surface area contributed by atoms with Crippen molar-refractivity contribution in [3.8, 4) is 0 Å². The van der Waals surface area contributed by atoms with Crippen LogP contribution in [-0.4, -0.2) is 22.4 Å². The van der Waals surface area contributed by atoms with Gasteiger partial charge in [0.05, 0.1) is 12.4 Å². The Kier molecular flexibility index (Phi) is 4.53. The van der Waals surface area contributed by atoms with Crippen LogP contribution < -0.4 is 5.32 Å². The third-order valence-electron chi connectivity index (χ3n) is 3.67. The van der Waals surface area contributed by atoms with Crippen molar-refractivity contribution in [2.45, 2.75) is 32.6 Å². The van der Waals surface area contributed by atoms with Gasteiger partial charge in [0.2, 0.25) is 0 Å². The number of nitrogens with one attached hydrogen (secondary N) is 1. The molecule has 18 heavy (non-hydrogen) atoms. The molecule has 0 aromatic carbocycles. The van der Waals surface area contributed by atoms with E-state index in [1.165, 1.54) is 38.1 Å². The smallest absolute Gasteiger partial charge is 0.271 e. The molecule has 0 bridgehead atoms. The molecular formula is C13H18ClN3O. The van der Waals surface area contributed by atoms with Gasteiger partial charge < -0.3 is 5.32 Å². The van der Waals surface area contributed by atoms with Gasteiger partial charge in [-0.15, -0.1) is 0 Å². The predicted molar refractivity (Wildman–Crippen MR) is 70.5 cm³/mol. The fraction of sp³-hybridized carbons (Fsp3) is 0.615. The Balaban J connectivity index is 1.86. The lowest BCUT2D eigenvalue weighted by molar-refractivity contribution is 0.0931. The summed E-state index contributed by atoms with van der Waals surface area (Å²) in [5.74, 6) is 1.11. The number of nitrogens with zero attached hydrogens (tertiary/aromatic N) is 2. The fourth-order valence-electron chi connectivity index (χ4n) is 2.44. The van der Waals surface area contributed by atoms with Gasteiger partial charge in [0, 0.05) is 6.54 Å². The minimum Gasteiger partial charge on any atom is -0.350 e. The normalized spacial score (nSPS) is 23.7. The molecule has 0 aliphatic heterocycles. The molecule has 1 aromatic rings. The molecule has 1 aromatic heterocycles. The Morgan fingerprint density at radius 2 is 2.17 bits per heavy atom. The number of carbonyl (C=O) groups excluding carboxylic acids is 1. The van der Waals surface area contributed by atoms with Gasteiger partial charge in [0.25, 0.3) is 5.91 Å². The van der Waals surface area contributed by atoms with E-state index in [9.17, 15) is 4.79 Å². The molecule has 0 radical (unpaired) electrons. The van der Waals surface area contributed by atoms with Crippen LogP contribution in [0.2, 0.25) is 5.15 Å². The average molecular weight is 268 g/mol.